The molecular formula is C15H23NO4S. The molecule has 0 aliphatic carbocycles. The van der Waals surface area contributed by atoms with Crippen molar-refractivity contribution in [3.05, 3.63) is 35.4 Å². The second-order valence-electron chi connectivity index (χ2n) is 5.48. The van der Waals surface area contributed by atoms with Gasteiger partial charge >= 0.3 is 5.97 Å². The number of carboxylic acids is 1. The van der Waals surface area contributed by atoms with Crippen molar-refractivity contribution >= 4 is 16.0 Å². The lowest BCUT2D eigenvalue weighted by molar-refractivity contribution is -0.137. The molecule has 0 saturated carbocycles. The molecule has 1 aromatic rings. The highest BCUT2D eigenvalue weighted by Crippen LogP contribution is 2.19. The topological polar surface area (TPSA) is 83.5 Å². The number of aliphatic carboxylic acids is 1. The van der Waals surface area contributed by atoms with Gasteiger partial charge in [0.15, 0.2) is 0 Å². The van der Waals surface area contributed by atoms with E-state index in [2.05, 4.69) is 18.6 Å². The Bertz CT molecular complexity index is 564. The molecular weight excluding hydrogens is 290 g/mol. The Morgan fingerprint density at radius 3 is 2.14 bits per heavy atom. The lowest BCUT2D eigenvalue weighted by Gasteiger charge is -2.15. The van der Waals surface area contributed by atoms with Crippen molar-refractivity contribution in [2.75, 3.05) is 5.75 Å². The average molecular weight is 313 g/mol. The van der Waals surface area contributed by atoms with Gasteiger partial charge in [0.2, 0.25) is 10.0 Å². The number of carboxylic acid groups (broad SMARTS) is 1. The molecule has 21 heavy (non-hydrogen) atoms. The van der Waals surface area contributed by atoms with Crippen LogP contribution in [-0.4, -0.2) is 25.2 Å². The maximum Gasteiger partial charge on any atom is 0.303 e. The predicted molar refractivity (Wildman–Crippen MR) is 82.7 cm³/mol. The van der Waals surface area contributed by atoms with Crippen molar-refractivity contribution in [3.63, 3.8) is 0 Å². The number of rotatable bonds is 8. The van der Waals surface area contributed by atoms with Crippen LogP contribution in [0.2, 0.25) is 0 Å². The first kappa shape index (κ1) is 17.7. The fourth-order valence-corrected chi connectivity index (χ4v) is 3.30. The Hall–Kier alpha value is -1.40. The smallest absolute Gasteiger partial charge is 0.303 e. The van der Waals surface area contributed by atoms with Crippen LogP contribution in [0.25, 0.3) is 0 Å². The highest BCUT2D eigenvalue weighted by atomic mass is 32.2. The molecule has 0 saturated heterocycles. The van der Waals surface area contributed by atoms with Crippen LogP contribution >= 0.6 is 0 Å². The zero-order valence-electron chi connectivity index (χ0n) is 12.7. The molecule has 0 spiro atoms. The summed E-state index contributed by atoms with van der Waals surface area (Å²) in [5.74, 6) is -0.724. The van der Waals surface area contributed by atoms with E-state index in [1.54, 1.807) is 6.92 Å². The van der Waals surface area contributed by atoms with Gasteiger partial charge in [-0.2, -0.15) is 0 Å². The van der Waals surface area contributed by atoms with Crippen LogP contribution in [0.5, 0.6) is 0 Å². The molecule has 0 heterocycles. The molecule has 0 amide bonds. The molecule has 1 unspecified atom stereocenters. The second kappa shape index (κ2) is 7.56. The number of benzene rings is 1. The van der Waals surface area contributed by atoms with Gasteiger partial charge in [0.1, 0.15) is 0 Å². The van der Waals surface area contributed by atoms with Gasteiger partial charge in [0, 0.05) is 12.5 Å². The molecule has 0 aliphatic rings. The third-order valence-corrected chi connectivity index (χ3v) is 4.80. The molecule has 0 aliphatic heterocycles. The summed E-state index contributed by atoms with van der Waals surface area (Å²) in [5, 5.41) is 8.53. The second-order valence-corrected chi connectivity index (χ2v) is 7.35. The van der Waals surface area contributed by atoms with E-state index in [9.17, 15) is 13.2 Å². The Morgan fingerprint density at radius 1 is 1.14 bits per heavy atom. The van der Waals surface area contributed by atoms with Crippen LogP contribution in [0.3, 0.4) is 0 Å². The lowest BCUT2D eigenvalue weighted by Crippen LogP contribution is -2.29. The summed E-state index contributed by atoms with van der Waals surface area (Å²) in [5.41, 5.74) is 2.09. The van der Waals surface area contributed by atoms with Crippen molar-refractivity contribution < 1.29 is 18.3 Å². The summed E-state index contributed by atoms with van der Waals surface area (Å²) >= 11 is 0. The molecule has 118 valence electrons. The highest BCUT2D eigenvalue weighted by molar-refractivity contribution is 7.89. The van der Waals surface area contributed by atoms with Crippen molar-refractivity contribution in [3.8, 4) is 0 Å². The third-order valence-electron chi connectivity index (χ3n) is 3.26. The van der Waals surface area contributed by atoms with E-state index in [-0.39, 0.29) is 24.6 Å². The standard InChI is InChI=1S/C15H23NO4S/c1-11(2)13-6-8-14(9-7-13)12(3)16-21(19,20)10-4-5-15(17)18/h6-9,11-12,16H,4-5,10H2,1-3H3,(H,17,18). The Labute approximate surface area is 126 Å². The van der Waals surface area contributed by atoms with Gasteiger partial charge in [0.05, 0.1) is 5.75 Å². The van der Waals surface area contributed by atoms with Crippen molar-refractivity contribution in [2.24, 2.45) is 0 Å². The molecule has 1 aromatic carbocycles. The normalized spacial score (nSPS) is 13.3. The van der Waals surface area contributed by atoms with Crippen LogP contribution in [0, 0.1) is 0 Å². The molecule has 2 N–H and O–H groups in total. The SMILES string of the molecule is CC(C)c1ccc(C(C)NS(=O)(=O)CCCC(=O)O)cc1. The van der Waals surface area contributed by atoms with Crippen LogP contribution in [0.15, 0.2) is 24.3 Å². The van der Waals surface area contributed by atoms with E-state index in [1.807, 2.05) is 24.3 Å². The van der Waals surface area contributed by atoms with Gasteiger partial charge in [-0.05, 0) is 30.4 Å². The largest absolute Gasteiger partial charge is 0.481 e. The summed E-state index contributed by atoms with van der Waals surface area (Å²) in [6.45, 7) is 5.98. The number of nitrogens with one attached hydrogen (secondary N) is 1. The third kappa shape index (κ3) is 6.27. The van der Waals surface area contributed by atoms with Crippen molar-refractivity contribution in [1.82, 2.24) is 4.72 Å². The quantitative estimate of drug-likeness (QED) is 0.773. The van der Waals surface area contributed by atoms with E-state index < -0.39 is 16.0 Å². The molecule has 0 radical (unpaired) electrons. The lowest BCUT2D eigenvalue weighted by atomic mass is 10.00. The molecule has 0 bridgehead atoms. The first-order valence-electron chi connectivity index (χ1n) is 7.03. The van der Waals surface area contributed by atoms with Gasteiger partial charge in [-0.3, -0.25) is 4.79 Å². The van der Waals surface area contributed by atoms with Crippen LogP contribution in [-0.2, 0) is 14.8 Å². The summed E-state index contributed by atoms with van der Waals surface area (Å²) in [7, 11) is -3.46. The summed E-state index contributed by atoms with van der Waals surface area (Å²) in [4.78, 5) is 10.4. The minimum atomic E-state index is -3.46. The molecule has 0 aromatic heterocycles. The van der Waals surface area contributed by atoms with E-state index in [0.717, 1.165) is 5.56 Å². The number of sulfonamides is 1. The monoisotopic (exact) mass is 313 g/mol. The molecule has 6 heteroatoms. The number of hydrogen-bond donors (Lipinski definition) is 2. The van der Waals surface area contributed by atoms with Crippen LogP contribution in [0.4, 0.5) is 0 Å². The van der Waals surface area contributed by atoms with Gasteiger partial charge in [-0.1, -0.05) is 38.1 Å². The Balaban J connectivity index is 2.62. The Morgan fingerprint density at radius 2 is 1.67 bits per heavy atom. The minimum Gasteiger partial charge on any atom is -0.481 e. The summed E-state index contributed by atoms with van der Waals surface area (Å²) in [6.07, 6.45) is -0.0257. The first-order valence-corrected chi connectivity index (χ1v) is 8.68. The maximum atomic E-state index is 11.9. The van der Waals surface area contributed by atoms with Crippen molar-refractivity contribution in [2.45, 2.75) is 45.6 Å². The van der Waals surface area contributed by atoms with Crippen molar-refractivity contribution in [1.29, 1.82) is 0 Å². The Kier molecular flexibility index (Phi) is 6.36. The first-order chi connectivity index (χ1) is 9.71. The predicted octanol–water partition coefficient (Wildman–Crippen LogP) is 2.66. The number of carbonyl (C=O) groups is 1. The van der Waals surface area contributed by atoms with Gasteiger partial charge in [0.25, 0.3) is 0 Å². The molecule has 1 rings (SSSR count). The van der Waals surface area contributed by atoms with Crippen LogP contribution in [0.1, 0.15) is 56.7 Å². The van der Waals surface area contributed by atoms with Gasteiger partial charge in [-0.15, -0.1) is 0 Å². The van der Waals surface area contributed by atoms with E-state index in [1.165, 1.54) is 5.56 Å². The van der Waals surface area contributed by atoms with Gasteiger partial charge in [-0.25, -0.2) is 13.1 Å². The van der Waals surface area contributed by atoms with Crippen LogP contribution < -0.4 is 4.72 Å². The van der Waals surface area contributed by atoms with E-state index in [4.69, 9.17) is 5.11 Å². The van der Waals surface area contributed by atoms with E-state index >= 15 is 0 Å². The van der Waals surface area contributed by atoms with E-state index in [0.29, 0.717) is 5.92 Å². The zero-order valence-corrected chi connectivity index (χ0v) is 13.5. The molecule has 0 fully saturated rings. The zero-order chi connectivity index (χ0) is 16.0. The molecule has 5 nitrogen and oxygen atoms in total. The highest BCUT2D eigenvalue weighted by Gasteiger charge is 2.16. The molecule has 1 atom stereocenters. The fraction of sp³-hybridized carbons (Fsp3) is 0.533. The fourth-order valence-electron chi connectivity index (χ4n) is 1.98. The number of hydrogen-bond acceptors (Lipinski definition) is 3. The summed E-state index contributed by atoms with van der Waals surface area (Å²) < 4.78 is 26.3. The minimum absolute atomic E-state index is 0.115. The summed E-state index contributed by atoms with van der Waals surface area (Å²) in [6, 6.07) is 7.49. The van der Waals surface area contributed by atoms with Gasteiger partial charge < -0.3 is 5.11 Å². The average Bonchev–Trinajstić information content (AvgIpc) is 2.37. The maximum absolute atomic E-state index is 11.9.